The number of ether oxygens (including phenoxy) is 3. The van der Waals surface area contributed by atoms with Gasteiger partial charge in [-0.05, 0) is 70.6 Å². The first-order valence-electron chi connectivity index (χ1n) is 28.3. The Morgan fingerprint density at radius 2 is 0.516 bits per heavy atom. The van der Waals surface area contributed by atoms with E-state index in [4.69, 9.17) is 14.2 Å². The topological polar surface area (TPSA) is 78.9 Å². The van der Waals surface area contributed by atoms with Gasteiger partial charge in [0.1, 0.15) is 13.2 Å². The zero-order chi connectivity index (χ0) is 46.5. The van der Waals surface area contributed by atoms with E-state index in [0.717, 1.165) is 64.2 Å². The maximum atomic E-state index is 12.8. The fraction of sp³-hybridized carbons (Fsp3) is 0.879. The Morgan fingerprint density at radius 3 is 0.812 bits per heavy atom. The molecule has 64 heavy (non-hydrogen) atoms. The van der Waals surface area contributed by atoms with Gasteiger partial charge < -0.3 is 14.2 Å². The molecule has 1 atom stereocenters. The second-order valence-electron chi connectivity index (χ2n) is 19.2. The largest absolute Gasteiger partial charge is 0.462 e. The van der Waals surface area contributed by atoms with E-state index < -0.39 is 6.10 Å². The first-order chi connectivity index (χ1) is 31.5. The van der Waals surface area contributed by atoms with E-state index in [1.54, 1.807) is 0 Å². The Bertz CT molecular complexity index is 1040. The third kappa shape index (κ3) is 50.9. The minimum atomic E-state index is -0.772. The molecule has 0 fully saturated rings. The number of allylic oxidation sites excluding steroid dienone is 4. The lowest BCUT2D eigenvalue weighted by molar-refractivity contribution is -0.167. The van der Waals surface area contributed by atoms with Crippen molar-refractivity contribution in [2.45, 2.75) is 316 Å². The van der Waals surface area contributed by atoms with Crippen molar-refractivity contribution >= 4 is 17.9 Å². The van der Waals surface area contributed by atoms with E-state index in [0.29, 0.717) is 19.3 Å². The lowest BCUT2D eigenvalue weighted by Gasteiger charge is -2.18. The van der Waals surface area contributed by atoms with E-state index in [2.05, 4.69) is 45.1 Å². The summed E-state index contributed by atoms with van der Waals surface area (Å²) in [6.07, 6.45) is 61.6. The molecule has 0 aliphatic rings. The lowest BCUT2D eigenvalue weighted by atomic mass is 10.0. The maximum Gasteiger partial charge on any atom is 0.306 e. The highest BCUT2D eigenvalue weighted by Gasteiger charge is 2.19. The summed E-state index contributed by atoms with van der Waals surface area (Å²) >= 11 is 0. The van der Waals surface area contributed by atoms with E-state index in [1.807, 2.05) is 0 Å². The van der Waals surface area contributed by atoms with Gasteiger partial charge in [-0.25, -0.2) is 0 Å². The molecule has 6 heteroatoms. The van der Waals surface area contributed by atoms with Crippen molar-refractivity contribution in [2.75, 3.05) is 13.2 Å². The molecule has 0 aliphatic carbocycles. The number of hydrogen-bond donors (Lipinski definition) is 0. The van der Waals surface area contributed by atoms with Crippen molar-refractivity contribution in [1.29, 1.82) is 0 Å². The minimum Gasteiger partial charge on any atom is -0.462 e. The smallest absolute Gasteiger partial charge is 0.306 e. The third-order valence-electron chi connectivity index (χ3n) is 12.7. The monoisotopic (exact) mass is 901 g/mol. The number of carbonyl (C=O) groups excluding carboxylic acids is 3. The van der Waals surface area contributed by atoms with Crippen LogP contribution in [0.2, 0.25) is 0 Å². The Hall–Kier alpha value is -2.11. The van der Waals surface area contributed by atoms with E-state index in [-0.39, 0.29) is 31.1 Å². The molecule has 0 amide bonds. The number of rotatable bonds is 52. The Kier molecular flexibility index (Phi) is 51.7. The molecule has 0 aromatic rings. The predicted molar refractivity (Wildman–Crippen MR) is 275 cm³/mol. The molecule has 0 unspecified atom stereocenters. The minimum absolute atomic E-state index is 0.0721. The Balaban J connectivity index is 4.32. The molecular weight excluding hydrogens is 793 g/mol. The summed E-state index contributed by atoms with van der Waals surface area (Å²) in [6, 6.07) is 0. The first kappa shape index (κ1) is 61.9. The van der Waals surface area contributed by atoms with Gasteiger partial charge in [-0.15, -0.1) is 0 Å². The van der Waals surface area contributed by atoms with Crippen LogP contribution in [0.15, 0.2) is 24.3 Å². The normalized spacial score (nSPS) is 12.1. The molecule has 6 nitrogen and oxygen atoms in total. The van der Waals surface area contributed by atoms with Crippen LogP contribution < -0.4 is 0 Å². The zero-order valence-electron chi connectivity index (χ0n) is 43.1. The molecule has 0 aromatic carbocycles. The number of unbranched alkanes of at least 4 members (excludes halogenated alkanes) is 37. The average Bonchev–Trinajstić information content (AvgIpc) is 3.29. The second kappa shape index (κ2) is 53.5. The summed E-state index contributed by atoms with van der Waals surface area (Å²) in [4.78, 5) is 38.1. The van der Waals surface area contributed by atoms with Crippen molar-refractivity contribution in [2.24, 2.45) is 0 Å². The Labute approximate surface area is 398 Å². The molecule has 0 saturated heterocycles. The average molecular weight is 901 g/mol. The maximum absolute atomic E-state index is 12.8. The van der Waals surface area contributed by atoms with Gasteiger partial charge >= 0.3 is 17.9 Å². The van der Waals surface area contributed by atoms with Crippen LogP contribution in [0.1, 0.15) is 310 Å². The zero-order valence-corrected chi connectivity index (χ0v) is 43.1. The van der Waals surface area contributed by atoms with Crippen LogP contribution in [-0.4, -0.2) is 37.2 Å². The first-order valence-corrected chi connectivity index (χ1v) is 28.3. The summed E-state index contributed by atoms with van der Waals surface area (Å²) in [6.45, 7) is 6.64. The third-order valence-corrected chi connectivity index (χ3v) is 12.7. The highest BCUT2D eigenvalue weighted by atomic mass is 16.6. The molecule has 0 N–H and O–H groups in total. The van der Waals surface area contributed by atoms with Gasteiger partial charge in [0.05, 0.1) is 0 Å². The van der Waals surface area contributed by atoms with E-state index in [9.17, 15) is 14.4 Å². The lowest BCUT2D eigenvalue weighted by Crippen LogP contribution is -2.30. The molecule has 0 bridgehead atoms. The summed E-state index contributed by atoms with van der Waals surface area (Å²) in [5.74, 6) is -0.867. The Morgan fingerprint density at radius 1 is 0.297 bits per heavy atom. The van der Waals surface area contributed by atoms with Gasteiger partial charge in [0.2, 0.25) is 0 Å². The van der Waals surface area contributed by atoms with Gasteiger partial charge in [0, 0.05) is 19.3 Å². The molecule has 0 radical (unpaired) electrons. The van der Waals surface area contributed by atoms with Crippen LogP contribution in [0.5, 0.6) is 0 Å². The molecule has 0 spiro atoms. The molecular formula is C58H108O6. The van der Waals surface area contributed by atoms with Gasteiger partial charge in [-0.2, -0.15) is 0 Å². The van der Waals surface area contributed by atoms with Crippen LogP contribution in [0, 0.1) is 0 Å². The predicted octanol–water partition coefficient (Wildman–Crippen LogP) is 18.7. The van der Waals surface area contributed by atoms with Crippen molar-refractivity contribution in [3.05, 3.63) is 24.3 Å². The number of esters is 3. The van der Waals surface area contributed by atoms with Crippen molar-refractivity contribution in [3.8, 4) is 0 Å². The van der Waals surface area contributed by atoms with E-state index in [1.165, 1.54) is 205 Å². The van der Waals surface area contributed by atoms with Crippen LogP contribution in [0.4, 0.5) is 0 Å². The molecule has 0 saturated carbocycles. The fourth-order valence-corrected chi connectivity index (χ4v) is 8.37. The van der Waals surface area contributed by atoms with Gasteiger partial charge in [-0.3, -0.25) is 14.4 Å². The molecule has 0 rings (SSSR count). The van der Waals surface area contributed by atoms with E-state index >= 15 is 0 Å². The molecule has 0 aliphatic heterocycles. The van der Waals surface area contributed by atoms with Gasteiger partial charge in [0.25, 0.3) is 0 Å². The second-order valence-corrected chi connectivity index (χ2v) is 19.2. The van der Waals surface area contributed by atoms with Gasteiger partial charge in [0.15, 0.2) is 6.10 Å². The highest BCUT2D eigenvalue weighted by molar-refractivity contribution is 5.71. The van der Waals surface area contributed by atoms with Crippen LogP contribution >= 0.6 is 0 Å². The van der Waals surface area contributed by atoms with Crippen molar-refractivity contribution in [3.63, 3.8) is 0 Å². The summed E-state index contributed by atoms with van der Waals surface area (Å²) in [5, 5.41) is 0. The fourth-order valence-electron chi connectivity index (χ4n) is 8.37. The number of carbonyl (C=O) groups is 3. The summed E-state index contributed by atoms with van der Waals surface area (Å²) in [7, 11) is 0. The van der Waals surface area contributed by atoms with Gasteiger partial charge in [-0.1, -0.05) is 244 Å². The summed E-state index contributed by atoms with van der Waals surface area (Å²) in [5.41, 5.74) is 0. The standard InChI is InChI=1S/C58H108O6/c1-4-7-10-13-16-19-22-25-27-29-31-33-36-39-42-45-48-51-57(60)63-54-55(53-62-56(59)50-47-44-41-38-35-24-21-18-15-12-9-6-3)64-58(61)52-49-46-43-40-37-34-32-30-28-26-23-20-17-14-11-8-5-2/h18,21,25,27,55H,4-17,19-20,22-24,26,28-54H2,1-3H3/b21-18-,27-25-/t55-/m1/s1. The van der Waals surface area contributed by atoms with Crippen molar-refractivity contribution < 1.29 is 28.6 Å². The molecule has 376 valence electrons. The number of hydrogen-bond acceptors (Lipinski definition) is 6. The van der Waals surface area contributed by atoms with Crippen LogP contribution in [-0.2, 0) is 28.6 Å². The van der Waals surface area contributed by atoms with Crippen molar-refractivity contribution in [1.82, 2.24) is 0 Å². The molecule has 0 heterocycles. The SMILES string of the molecule is CCCCC/C=C\CCCCCCCC(=O)OC[C@H](COC(=O)CCCCCCCCC/C=C\CCCCCCCC)OC(=O)CCCCCCCCCCCCCCCCCCC. The quantitative estimate of drug-likeness (QED) is 0.0262. The summed E-state index contributed by atoms with van der Waals surface area (Å²) < 4.78 is 16.8. The highest BCUT2D eigenvalue weighted by Crippen LogP contribution is 2.16. The van der Waals surface area contributed by atoms with Crippen LogP contribution in [0.25, 0.3) is 0 Å². The molecule has 0 aromatic heterocycles. The van der Waals surface area contributed by atoms with Crippen LogP contribution in [0.3, 0.4) is 0 Å².